The molecule has 0 aliphatic rings. The summed E-state index contributed by atoms with van der Waals surface area (Å²) in [5.41, 5.74) is 2.64. The van der Waals surface area contributed by atoms with Crippen LogP contribution in [0.4, 0.5) is 11.4 Å². The van der Waals surface area contributed by atoms with E-state index < -0.39 is 10.8 Å². The molecule has 0 radical (unpaired) electrons. The summed E-state index contributed by atoms with van der Waals surface area (Å²) < 4.78 is 17.3. The Hall–Kier alpha value is -5.62. The number of nitrogens with one attached hydrogen (secondary N) is 1. The molecule has 0 bridgehead atoms. The molecular weight excluding hydrogens is 522 g/mol. The maximum Gasteiger partial charge on any atom is 0.269 e. The van der Waals surface area contributed by atoms with Crippen LogP contribution in [0.25, 0.3) is 6.08 Å². The summed E-state index contributed by atoms with van der Waals surface area (Å²) in [6.07, 6.45) is 1.46. The number of carbonyl (C=O) groups is 1. The highest BCUT2D eigenvalue weighted by Gasteiger charge is 2.13. The Morgan fingerprint density at radius 1 is 0.878 bits per heavy atom. The van der Waals surface area contributed by atoms with Gasteiger partial charge in [0.15, 0.2) is 11.5 Å². The Morgan fingerprint density at radius 2 is 1.61 bits per heavy atom. The molecule has 1 amide bonds. The number of amides is 1. The van der Waals surface area contributed by atoms with Gasteiger partial charge < -0.3 is 19.5 Å². The number of nitro groups is 1. The number of benzene rings is 4. The standard InChI is InChI=1S/C32H27N3O6/c1-2-39-31-19-24(11-16-30(31)41-22-25-9-6-10-28(18-25)35(37)38)17-26(20-33)32(36)34-27-12-14-29(15-13-27)40-21-23-7-4-3-5-8-23/h3-19H,2,21-22H2,1H3,(H,34,36)/b26-17+. The molecule has 0 aliphatic heterocycles. The quantitative estimate of drug-likeness (QED) is 0.0903. The van der Waals surface area contributed by atoms with Gasteiger partial charge in [-0.2, -0.15) is 5.26 Å². The summed E-state index contributed by atoms with van der Waals surface area (Å²) in [6.45, 7) is 2.70. The van der Waals surface area contributed by atoms with E-state index in [2.05, 4.69) is 5.32 Å². The predicted molar refractivity (Wildman–Crippen MR) is 154 cm³/mol. The van der Waals surface area contributed by atoms with Crippen LogP contribution in [-0.4, -0.2) is 17.4 Å². The average molecular weight is 550 g/mol. The molecule has 9 heteroatoms. The summed E-state index contributed by atoms with van der Waals surface area (Å²) in [5, 5.41) is 23.4. The predicted octanol–water partition coefficient (Wildman–Crippen LogP) is 6.70. The minimum Gasteiger partial charge on any atom is -0.490 e. The zero-order valence-corrected chi connectivity index (χ0v) is 22.3. The molecule has 0 saturated carbocycles. The molecule has 0 aromatic heterocycles. The van der Waals surface area contributed by atoms with Crippen LogP contribution in [0.1, 0.15) is 23.6 Å². The van der Waals surface area contributed by atoms with Crippen molar-refractivity contribution in [3.8, 4) is 23.3 Å². The van der Waals surface area contributed by atoms with Crippen molar-refractivity contribution in [3.05, 3.63) is 129 Å². The van der Waals surface area contributed by atoms with Gasteiger partial charge in [0.25, 0.3) is 11.6 Å². The van der Waals surface area contributed by atoms with Gasteiger partial charge in [0, 0.05) is 17.8 Å². The van der Waals surface area contributed by atoms with Crippen molar-refractivity contribution in [2.24, 2.45) is 0 Å². The Kier molecular flexibility index (Phi) is 9.67. The van der Waals surface area contributed by atoms with Gasteiger partial charge in [0.2, 0.25) is 0 Å². The molecule has 0 spiro atoms. The van der Waals surface area contributed by atoms with Crippen LogP contribution in [0.3, 0.4) is 0 Å². The molecule has 0 unspecified atom stereocenters. The zero-order valence-electron chi connectivity index (χ0n) is 22.3. The molecule has 0 heterocycles. The van der Waals surface area contributed by atoms with Crippen molar-refractivity contribution in [2.75, 3.05) is 11.9 Å². The van der Waals surface area contributed by atoms with Crippen LogP contribution in [0.5, 0.6) is 17.2 Å². The van der Waals surface area contributed by atoms with Crippen LogP contribution in [0, 0.1) is 21.4 Å². The van der Waals surface area contributed by atoms with Gasteiger partial charge >= 0.3 is 0 Å². The van der Waals surface area contributed by atoms with Crippen molar-refractivity contribution >= 4 is 23.4 Å². The molecule has 0 aliphatic carbocycles. The Labute approximate surface area is 237 Å². The molecule has 0 saturated heterocycles. The molecule has 4 rings (SSSR count). The van der Waals surface area contributed by atoms with Gasteiger partial charge in [0.1, 0.15) is 30.6 Å². The monoisotopic (exact) mass is 549 g/mol. The molecule has 0 atom stereocenters. The topological polar surface area (TPSA) is 124 Å². The lowest BCUT2D eigenvalue weighted by atomic mass is 10.1. The van der Waals surface area contributed by atoms with Crippen LogP contribution < -0.4 is 19.5 Å². The first-order valence-electron chi connectivity index (χ1n) is 12.8. The van der Waals surface area contributed by atoms with Crippen LogP contribution in [-0.2, 0) is 18.0 Å². The van der Waals surface area contributed by atoms with Gasteiger partial charge in [-0.25, -0.2) is 0 Å². The fraction of sp³-hybridized carbons (Fsp3) is 0.125. The summed E-state index contributed by atoms with van der Waals surface area (Å²) in [7, 11) is 0. The third kappa shape index (κ3) is 8.18. The highest BCUT2D eigenvalue weighted by molar-refractivity contribution is 6.09. The number of nitrogens with zero attached hydrogens (tertiary/aromatic N) is 2. The molecule has 9 nitrogen and oxygen atoms in total. The van der Waals surface area contributed by atoms with Crippen LogP contribution in [0.15, 0.2) is 103 Å². The number of ether oxygens (including phenoxy) is 3. The first-order chi connectivity index (χ1) is 19.9. The number of nitro benzene ring substituents is 1. The van der Waals surface area contributed by atoms with Gasteiger partial charge in [-0.1, -0.05) is 48.5 Å². The van der Waals surface area contributed by atoms with Gasteiger partial charge in [-0.15, -0.1) is 0 Å². The number of nitriles is 1. The lowest BCUT2D eigenvalue weighted by Crippen LogP contribution is -2.13. The molecule has 41 heavy (non-hydrogen) atoms. The second-order valence-electron chi connectivity index (χ2n) is 8.78. The van der Waals surface area contributed by atoms with E-state index >= 15 is 0 Å². The summed E-state index contributed by atoms with van der Waals surface area (Å²) in [6, 6.07) is 29.8. The highest BCUT2D eigenvalue weighted by atomic mass is 16.6. The first-order valence-corrected chi connectivity index (χ1v) is 12.8. The largest absolute Gasteiger partial charge is 0.490 e. The van der Waals surface area contributed by atoms with E-state index in [0.717, 1.165) is 5.56 Å². The normalized spacial score (nSPS) is 10.8. The molecule has 4 aromatic rings. The van der Waals surface area contributed by atoms with Crippen molar-refractivity contribution in [2.45, 2.75) is 20.1 Å². The van der Waals surface area contributed by atoms with E-state index in [4.69, 9.17) is 14.2 Å². The van der Waals surface area contributed by atoms with E-state index in [-0.39, 0.29) is 17.9 Å². The average Bonchev–Trinajstić information content (AvgIpc) is 3.00. The second-order valence-corrected chi connectivity index (χ2v) is 8.78. The molecule has 206 valence electrons. The fourth-order valence-corrected chi connectivity index (χ4v) is 3.81. The number of hydrogen-bond donors (Lipinski definition) is 1. The highest BCUT2D eigenvalue weighted by Crippen LogP contribution is 2.30. The third-order valence-electron chi connectivity index (χ3n) is 5.82. The van der Waals surface area contributed by atoms with Crippen molar-refractivity contribution in [1.29, 1.82) is 5.26 Å². The Balaban J connectivity index is 1.41. The maximum absolute atomic E-state index is 12.8. The zero-order chi connectivity index (χ0) is 29.0. The number of anilines is 1. The number of carbonyl (C=O) groups excluding carboxylic acids is 1. The minimum absolute atomic E-state index is 0.0220. The summed E-state index contributed by atoms with van der Waals surface area (Å²) in [4.78, 5) is 23.4. The van der Waals surface area contributed by atoms with E-state index in [1.165, 1.54) is 18.2 Å². The number of rotatable bonds is 12. The fourth-order valence-electron chi connectivity index (χ4n) is 3.81. The maximum atomic E-state index is 12.8. The van der Waals surface area contributed by atoms with Crippen molar-refractivity contribution in [1.82, 2.24) is 0 Å². The van der Waals surface area contributed by atoms with E-state index in [1.54, 1.807) is 54.6 Å². The van der Waals surface area contributed by atoms with Crippen molar-refractivity contribution < 1.29 is 23.9 Å². The first kappa shape index (κ1) is 28.4. The van der Waals surface area contributed by atoms with Gasteiger partial charge in [-0.3, -0.25) is 14.9 Å². The van der Waals surface area contributed by atoms with Crippen LogP contribution >= 0.6 is 0 Å². The SMILES string of the molecule is CCOc1cc(/C=C(\C#N)C(=O)Nc2ccc(OCc3ccccc3)cc2)ccc1OCc1cccc([N+](=O)[O-])c1. The minimum atomic E-state index is -0.561. The van der Waals surface area contributed by atoms with Crippen LogP contribution in [0.2, 0.25) is 0 Å². The van der Waals surface area contributed by atoms with Gasteiger partial charge in [0.05, 0.1) is 11.5 Å². The smallest absolute Gasteiger partial charge is 0.269 e. The summed E-state index contributed by atoms with van der Waals surface area (Å²) in [5.74, 6) is 0.928. The van der Waals surface area contributed by atoms with Gasteiger partial charge in [-0.05, 0) is 66.1 Å². The number of non-ortho nitro benzene ring substituents is 1. The second kappa shape index (κ2) is 14.0. The van der Waals surface area contributed by atoms with E-state index in [0.29, 0.717) is 47.3 Å². The third-order valence-corrected chi connectivity index (χ3v) is 5.82. The lowest BCUT2D eigenvalue weighted by Gasteiger charge is -2.13. The number of hydrogen-bond acceptors (Lipinski definition) is 7. The summed E-state index contributed by atoms with van der Waals surface area (Å²) >= 11 is 0. The molecular formula is C32H27N3O6. The van der Waals surface area contributed by atoms with E-state index in [1.807, 2.05) is 43.3 Å². The lowest BCUT2D eigenvalue weighted by molar-refractivity contribution is -0.384. The molecule has 0 fully saturated rings. The Morgan fingerprint density at radius 3 is 2.32 bits per heavy atom. The molecule has 4 aromatic carbocycles. The molecule has 1 N–H and O–H groups in total. The van der Waals surface area contributed by atoms with E-state index in [9.17, 15) is 20.2 Å². The Bertz CT molecular complexity index is 1580. The van der Waals surface area contributed by atoms with Crippen molar-refractivity contribution in [3.63, 3.8) is 0 Å².